The molecule has 28 heavy (non-hydrogen) atoms. The Morgan fingerprint density at radius 1 is 1.36 bits per heavy atom. The Morgan fingerprint density at radius 2 is 2.18 bits per heavy atom. The Bertz CT molecular complexity index is 952. The van der Waals surface area contributed by atoms with Crippen LogP contribution in [0.4, 0.5) is 5.69 Å². The van der Waals surface area contributed by atoms with E-state index < -0.39 is 0 Å². The van der Waals surface area contributed by atoms with Crippen molar-refractivity contribution in [1.29, 1.82) is 0 Å². The van der Waals surface area contributed by atoms with Gasteiger partial charge in [0.1, 0.15) is 11.4 Å². The van der Waals surface area contributed by atoms with E-state index >= 15 is 0 Å². The van der Waals surface area contributed by atoms with Gasteiger partial charge in [-0.2, -0.15) is 5.10 Å². The summed E-state index contributed by atoms with van der Waals surface area (Å²) in [4.78, 5) is 20.6. The number of fused-ring (bicyclic) bond motifs is 1. The molecule has 2 aromatic rings. The summed E-state index contributed by atoms with van der Waals surface area (Å²) >= 11 is 0. The van der Waals surface area contributed by atoms with Gasteiger partial charge in [0.2, 0.25) is 11.9 Å². The molecule has 0 unspecified atom stereocenters. The van der Waals surface area contributed by atoms with Gasteiger partial charge in [0, 0.05) is 30.2 Å². The largest absolute Gasteiger partial charge is 0.494 e. The number of nitrogens with zero attached hydrogens (tertiary/aromatic N) is 4. The molecule has 1 aliphatic rings. The van der Waals surface area contributed by atoms with Gasteiger partial charge in [-0.05, 0) is 24.6 Å². The number of hydrogen-bond donors (Lipinski definition) is 2. The zero-order valence-corrected chi connectivity index (χ0v) is 15.8. The molecule has 0 bridgehead atoms. The highest BCUT2D eigenvalue weighted by Crippen LogP contribution is 2.39. The van der Waals surface area contributed by atoms with E-state index in [1.54, 1.807) is 32.5 Å². The summed E-state index contributed by atoms with van der Waals surface area (Å²) in [5.41, 5.74) is 9.52. The highest BCUT2D eigenvalue weighted by atomic mass is 16.5. The molecular weight excluding hydrogens is 356 g/mol. The number of rotatable bonds is 6. The lowest BCUT2D eigenvalue weighted by Crippen LogP contribution is -2.35. The van der Waals surface area contributed by atoms with Gasteiger partial charge < -0.3 is 15.8 Å². The van der Waals surface area contributed by atoms with Crippen LogP contribution in [0.2, 0.25) is 0 Å². The maximum Gasteiger partial charge on any atom is 0.225 e. The van der Waals surface area contributed by atoms with Crippen LogP contribution in [0.3, 0.4) is 0 Å². The van der Waals surface area contributed by atoms with Crippen molar-refractivity contribution in [2.45, 2.75) is 19.9 Å². The van der Waals surface area contributed by atoms with Crippen LogP contribution in [0.1, 0.15) is 24.5 Å². The van der Waals surface area contributed by atoms with Gasteiger partial charge >= 0.3 is 0 Å². The summed E-state index contributed by atoms with van der Waals surface area (Å²) in [6, 6.07) is 9.24. The minimum absolute atomic E-state index is 0.127. The van der Waals surface area contributed by atoms with Gasteiger partial charge in [-0.1, -0.05) is 24.8 Å². The van der Waals surface area contributed by atoms with Crippen molar-refractivity contribution in [3.8, 4) is 5.75 Å². The molecule has 0 fully saturated rings. The third kappa shape index (κ3) is 4.17. The van der Waals surface area contributed by atoms with Gasteiger partial charge in [-0.15, -0.1) is 0 Å². The first-order chi connectivity index (χ1) is 13.5. The summed E-state index contributed by atoms with van der Waals surface area (Å²) in [5, 5.41) is 8.71. The molecule has 0 radical (unpaired) electrons. The Labute approximate surface area is 163 Å². The highest BCUT2D eigenvalue weighted by Gasteiger charge is 2.24. The highest BCUT2D eigenvalue weighted by molar-refractivity contribution is 6.02. The average Bonchev–Trinajstić information content (AvgIpc) is 2.70. The summed E-state index contributed by atoms with van der Waals surface area (Å²) in [6.45, 7) is 6.23. The first-order valence-electron chi connectivity index (χ1n) is 8.70. The van der Waals surface area contributed by atoms with E-state index in [9.17, 15) is 4.79 Å². The molecule has 2 heterocycles. The number of aromatic nitrogens is 1. The molecule has 8 heteroatoms. The number of benzene rings is 1. The fraction of sp³-hybridized carbons (Fsp3) is 0.200. The van der Waals surface area contributed by atoms with Crippen LogP contribution < -0.4 is 15.8 Å². The summed E-state index contributed by atoms with van der Waals surface area (Å²) in [7, 11) is 1.57. The topological polar surface area (TPSA) is 105 Å². The number of ether oxygens (including phenoxy) is 1. The van der Waals surface area contributed by atoms with Crippen molar-refractivity contribution < 1.29 is 9.53 Å². The van der Waals surface area contributed by atoms with Crippen LogP contribution in [-0.4, -0.2) is 34.7 Å². The lowest BCUT2D eigenvalue weighted by Gasteiger charge is -2.27. The molecule has 0 saturated carbocycles. The van der Waals surface area contributed by atoms with Gasteiger partial charge in [-0.25, -0.2) is 10.0 Å². The van der Waals surface area contributed by atoms with Crippen LogP contribution >= 0.6 is 0 Å². The third-order valence-electron chi connectivity index (χ3n) is 4.13. The lowest BCUT2D eigenvalue weighted by atomic mass is 10.1. The lowest BCUT2D eigenvalue weighted by molar-refractivity contribution is -0.120. The first-order valence-corrected chi connectivity index (χ1v) is 8.70. The van der Waals surface area contributed by atoms with E-state index in [4.69, 9.17) is 10.5 Å². The number of nitrogens with two attached hydrogens (primary N) is 1. The number of pyridine rings is 1. The second-order valence-corrected chi connectivity index (χ2v) is 6.23. The molecule has 0 saturated heterocycles. The zero-order chi connectivity index (χ0) is 20.1. The van der Waals surface area contributed by atoms with Gasteiger partial charge in [-0.3, -0.25) is 9.78 Å². The monoisotopic (exact) mass is 378 g/mol. The van der Waals surface area contributed by atoms with Gasteiger partial charge in [0.05, 0.1) is 19.2 Å². The summed E-state index contributed by atoms with van der Waals surface area (Å²) in [5.74, 6) is 0.624. The van der Waals surface area contributed by atoms with Crippen LogP contribution in [0.25, 0.3) is 5.70 Å². The van der Waals surface area contributed by atoms with E-state index in [2.05, 4.69) is 27.0 Å². The summed E-state index contributed by atoms with van der Waals surface area (Å²) in [6.07, 6.45) is 3.53. The molecule has 0 aliphatic carbocycles. The summed E-state index contributed by atoms with van der Waals surface area (Å²) < 4.78 is 5.33. The number of aliphatic imine (C=N–C) groups is 1. The normalized spacial score (nSPS) is 13.6. The number of guanidine groups is 1. The predicted molar refractivity (Wildman–Crippen MR) is 109 cm³/mol. The molecule has 3 rings (SSSR count). The van der Waals surface area contributed by atoms with Crippen molar-refractivity contribution >= 4 is 29.0 Å². The Kier molecular flexibility index (Phi) is 5.69. The standard InChI is InChI=1S/C20H22N6O2/c1-13(10-18(27)23-12-15-6-5-9-22-11-15)25-26-14(2)16-7-4-8-17(28-3)19(16)24-20(26)21/h4-9,11H,2,10,12H2,1,3H3,(H2,21,24)(H,23,27)/b25-13+. The van der Waals surface area contributed by atoms with Gasteiger partial charge in [0.25, 0.3) is 0 Å². The minimum atomic E-state index is -0.148. The van der Waals surface area contributed by atoms with Gasteiger partial charge in [0.15, 0.2) is 0 Å². The number of hydrazone groups is 1. The molecule has 1 amide bonds. The molecule has 8 nitrogen and oxygen atoms in total. The van der Waals surface area contributed by atoms with Crippen LogP contribution in [-0.2, 0) is 11.3 Å². The smallest absolute Gasteiger partial charge is 0.225 e. The maximum atomic E-state index is 12.2. The zero-order valence-electron chi connectivity index (χ0n) is 15.8. The Balaban J connectivity index is 1.69. The van der Waals surface area contributed by atoms with Crippen LogP contribution in [0, 0.1) is 0 Å². The Hall–Kier alpha value is -3.68. The molecule has 1 aromatic heterocycles. The number of carbonyl (C=O) groups excluding carboxylic acids is 1. The van der Waals surface area contributed by atoms with Crippen molar-refractivity contribution in [3.63, 3.8) is 0 Å². The van der Waals surface area contributed by atoms with E-state index in [0.717, 1.165) is 11.1 Å². The number of hydrogen-bond acceptors (Lipinski definition) is 7. The molecule has 144 valence electrons. The van der Waals surface area contributed by atoms with E-state index in [-0.39, 0.29) is 18.3 Å². The fourth-order valence-corrected chi connectivity index (χ4v) is 2.77. The number of methoxy groups -OCH3 is 1. The SMILES string of the molecule is C=C1c2cccc(OC)c2N=C(N)N1/N=C(\C)CC(=O)NCc1cccnc1. The third-order valence-corrected chi connectivity index (χ3v) is 4.13. The van der Waals surface area contributed by atoms with Crippen LogP contribution in [0.15, 0.2) is 59.4 Å². The number of carbonyl (C=O) groups is 1. The number of para-hydroxylation sites is 1. The quantitative estimate of drug-likeness (QED) is 0.751. The molecule has 3 N–H and O–H groups in total. The van der Waals surface area contributed by atoms with E-state index in [0.29, 0.717) is 29.4 Å². The van der Waals surface area contributed by atoms with Crippen molar-refractivity contribution in [1.82, 2.24) is 15.3 Å². The second kappa shape index (κ2) is 8.34. The number of amides is 1. The maximum absolute atomic E-state index is 12.2. The average molecular weight is 378 g/mol. The number of nitrogens with one attached hydrogen (secondary N) is 1. The fourth-order valence-electron chi connectivity index (χ4n) is 2.77. The van der Waals surface area contributed by atoms with Crippen molar-refractivity contribution in [3.05, 3.63) is 60.4 Å². The molecule has 0 atom stereocenters. The molecule has 1 aliphatic heterocycles. The molecule has 1 aromatic carbocycles. The first kappa shape index (κ1) is 19.1. The minimum Gasteiger partial charge on any atom is -0.494 e. The Morgan fingerprint density at radius 3 is 2.89 bits per heavy atom. The van der Waals surface area contributed by atoms with Crippen molar-refractivity contribution in [2.75, 3.05) is 7.11 Å². The molecule has 0 spiro atoms. The predicted octanol–water partition coefficient (Wildman–Crippen LogP) is 2.41. The molecular formula is C20H22N6O2. The van der Waals surface area contributed by atoms with Crippen molar-refractivity contribution in [2.24, 2.45) is 15.8 Å². The van der Waals surface area contributed by atoms with E-state index in [1.165, 1.54) is 5.01 Å². The second-order valence-electron chi connectivity index (χ2n) is 6.23. The van der Waals surface area contributed by atoms with Crippen LogP contribution in [0.5, 0.6) is 5.75 Å². The van der Waals surface area contributed by atoms with E-state index in [1.807, 2.05) is 24.3 Å².